The van der Waals surface area contributed by atoms with Gasteiger partial charge in [-0.2, -0.15) is 0 Å². The van der Waals surface area contributed by atoms with E-state index in [1.807, 2.05) is 30.9 Å². The van der Waals surface area contributed by atoms with E-state index < -0.39 is 0 Å². The fraction of sp³-hybridized carbons (Fsp3) is 0.400. The number of benzene rings is 1. The van der Waals surface area contributed by atoms with E-state index in [-0.39, 0.29) is 5.91 Å². The van der Waals surface area contributed by atoms with Crippen molar-refractivity contribution in [2.75, 3.05) is 18.8 Å². The van der Waals surface area contributed by atoms with Crippen LogP contribution < -0.4 is 5.73 Å². The van der Waals surface area contributed by atoms with Crippen molar-refractivity contribution in [3.05, 3.63) is 28.6 Å². The number of carbonyl (C=O) groups excluding carboxylic acids is 1. The van der Waals surface area contributed by atoms with Gasteiger partial charge in [-0.3, -0.25) is 4.79 Å². The molecule has 0 unspecified atom stereocenters. The maximum atomic E-state index is 12.5. The van der Waals surface area contributed by atoms with Gasteiger partial charge in [-0.25, -0.2) is 0 Å². The topological polar surface area (TPSA) is 46.3 Å². The second-order valence-electron chi connectivity index (χ2n) is 4.73. The Morgan fingerprint density at radius 1 is 1.37 bits per heavy atom. The summed E-state index contributed by atoms with van der Waals surface area (Å²) in [4.78, 5) is 15.0. The van der Waals surface area contributed by atoms with Crippen molar-refractivity contribution in [2.45, 2.75) is 27.2 Å². The second-order valence-corrected chi connectivity index (χ2v) is 5.78. The first-order valence-electron chi connectivity index (χ1n) is 6.66. The number of amides is 1. The van der Waals surface area contributed by atoms with Gasteiger partial charge in [0.15, 0.2) is 0 Å². The summed E-state index contributed by atoms with van der Waals surface area (Å²) in [5.41, 5.74) is 7.95. The van der Waals surface area contributed by atoms with E-state index in [1.54, 1.807) is 0 Å². The summed E-state index contributed by atoms with van der Waals surface area (Å²) in [6.45, 7) is 7.61. The molecule has 2 N–H and O–H groups in total. The van der Waals surface area contributed by atoms with Gasteiger partial charge >= 0.3 is 0 Å². The summed E-state index contributed by atoms with van der Waals surface area (Å²) >= 11 is 1.49. The lowest BCUT2D eigenvalue weighted by Gasteiger charge is -2.19. The van der Waals surface area contributed by atoms with Crippen LogP contribution in [0, 0.1) is 6.92 Å². The van der Waals surface area contributed by atoms with E-state index in [4.69, 9.17) is 5.73 Å². The highest BCUT2D eigenvalue weighted by molar-refractivity contribution is 7.21. The van der Waals surface area contributed by atoms with Crippen molar-refractivity contribution in [2.24, 2.45) is 0 Å². The molecule has 4 heteroatoms. The minimum Gasteiger partial charge on any atom is -0.397 e. The second kappa shape index (κ2) is 5.61. The molecule has 0 aliphatic heterocycles. The molecule has 1 aromatic carbocycles. The van der Waals surface area contributed by atoms with Crippen LogP contribution in [0.4, 0.5) is 5.69 Å². The number of aryl methyl sites for hydroxylation is 1. The molecule has 0 saturated heterocycles. The molecule has 0 radical (unpaired) electrons. The summed E-state index contributed by atoms with van der Waals surface area (Å²) in [6.07, 6.45) is 0.962. The Labute approximate surface area is 118 Å². The molecule has 102 valence electrons. The van der Waals surface area contributed by atoms with Gasteiger partial charge in [0, 0.05) is 23.2 Å². The molecule has 0 atom stereocenters. The Kier molecular flexibility index (Phi) is 4.10. The largest absolute Gasteiger partial charge is 0.397 e. The Morgan fingerprint density at radius 3 is 2.74 bits per heavy atom. The smallest absolute Gasteiger partial charge is 0.266 e. The molecule has 19 heavy (non-hydrogen) atoms. The standard InChI is InChI=1S/C15H20N2OS/c1-4-8-17(5-2)15(18)14-13(16)11-9-10(3)6-7-12(11)19-14/h6-7,9H,4-5,8,16H2,1-3H3. The van der Waals surface area contributed by atoms with Crippen LogP contribution in [0.3, 0.4) is 0 Å². The highest BCUT2D eigenvalue weighted by Gasteiger charge is 2.20. The predicted molar refractivity (Wildman–Crippen MR) is 82.8 cm³/mol. The summed E-state index contributed by atoms with van der Waals surface area (Å²) in [5.74, 6) is 0.0562. The van der Waals surface area contributed by atoms with Crippen LogP contribution in [0.25, 0.3) is 10.1 Å². The highest BCUT2D eigenvalue weighted by Crippen LogP contribution is 2.34. The fourth-order valence-corrected chi connectivity index (χ4v) is 3.28. The maximum Gasteiger partial charge on any atom is 0.266 e. The van der Waals surface area contributed by atoms with Gasteiger partial charge in [-0.1, -0.05) is 18.6 Å². The molecule has 1 heterocycles. The van der Waals surface area contributed by atoms with Crippen molar-refractivity contribution < 1.29 is 4.79 Å². The monoisotopic (exact) mass is 276 g/mol. The molecule has 0 spiro atoms. The molecular weight excluding hydrogens is 256 g/mol. The third kappa shape index (κ3) is 2.59. The van der Waals surface area contributed by atoms with E-state index >= 15 is 0 Å². The third-order valence-electron chi connectivity index (χ3n) is 3.24. The van der Waals surface area contributed by atoms with Crippen LogP contribution >= 0.6 is 11.3 Å². The minimum atomic E-state index is 0.0562. The number of rotatable bonds is 4. The lowest BCUT2D eigenvalue weighted by molar-refractivity contribution is 0.0770. The Bertz CT molecular complexity index is 603. The molecule has 2 rings (SSSR count). The van der Waals surface area contributed by atoms with Gasteiger partial charge in [0.25, 0.3) is 5.91 Å². The van der Waals surface area contributed by atoms with Gasteiger partial charge in [-0.15, -0.1) is 11.3 Å². The van der Waals surface area contributed by atoms with E-state index in [0.29, 0.717) is 10.6 Å². The quantitative estimate of drug-likeness (QED) is 0.926. The van der Waals surface area contributed by atoms with E-state index in [9.17, 15) is 4.79 Å². The van der Waals surface area contributed by atoms with Crippen LogP contribution in [0.2, 0.25) is 0 Å². The summed E-state index contributed by atoms with van der Waals surface area (Å²) in [5, 5.41) is 1.00. The zero-order valence-electron chi connectivity index (χ0n) is 11.7. The number of nitrogen functional groups attached to an aromatic ring is 1. The SMILES string of the molecule is CCCN(CC)C(=O)c1sc2ccc(C)cc2c1N. The zero-order chi connectivity index (χ0) is 14.0. The molecule has 0 fully saturated rings. The molecule has 0 aliphatic carbocycles. The Balaban J connectivity index is 2.45. The lowest BCUT2D eigenvalue weighted by atomic mass is 10.1. The van der Waals surface area contributed by atoms with Crippen molar-refractivity contribution in [1.82, 2.24) is 4.90 Å². The fourth-order valence-electron chi connectivity index (χ4n) is 2.21. The van der Waals surface area contributed by atoms with Crippen LogP contribution in [0.1, 0.15) is 35.5 Å². The first-order valence-corrected chi connectivity index (χ1v) is 7.48. The number of carbonyl (C=O) groups is 1. The van der Waals surface area contributed by atoms with Gasteiger partial charge < -0.3 is 10.6 Å². The average molecular weight is 276 g/mol. The molecule has 0 saturated carbocycles. The summed E-state index contributed by atoms with van der Waals surface area (Å²) in [7, 11) is 0. The number of hydrogen-bond acceptors (Lipinski definition) is 3. The molecule has 1 amide bonds. The molecule has 1 aromatic heterocycles. The number of nitrogens with zero attached hydrogens (tertiary/aromatic N) is 1. The minimum absolute atomic E-state index is 0.0562. The Morgan fingerprint density at radius 2 is 2.11 bits per heavy atom. The normalized spacial score (nSPS) is 10.9. The van der Waals surface area contributed by atoms with Crippen LogP contribution in [0.5, 0.6) is 0 Å². The van der Waals surface area contributed by atoms with Crippen molar-refractivity contribution >= 4 is 33.0 Å². The number of thiophene rings is 1. The highest BCUT2D eigenvalue weighted by atomic mass is 32.1. The van der Waals surface area contributed by atoms with Crippen LogP contribution in [-0.4, -0.2) is 23.9 Å². The molecule has 0 bridgehead atoms. The predicted octanol–water partition coefficient (Wildman–Crippen LogP) is 3.66. The first kappa shape index (κ1) is 13.9. The first-order chi connectivity index (χ1) is 9.08. The van der Waals surface area contributed by atoms with Gasteiger partial charge in [0.05, 0.1) is 5.69 Å². The van der Waals surface area contributed by atoms with Crippen molar-refractivity contribution in [3.8, 4) is 0 Å². The maximum absolute atomic E-state index is 12.5. The van der Waals surface area contributed by atoms with Crippen molar-refractivity contribution in [1.29, 1.82) is 0 Å². The van der Waals surface area contributed by atoms with Gasteiger partial charge in [0.2, 0.25) is 0 Å². The molecule has 0 aliphatic rings. The number of anilines is 1. The van der Waals surface area contributed by atoms with E-state index in [1.165, 1.54) is 11.3 Å². The van der Waals surface area contributed by atoms with E-state index in [2.05, 4.69) is 13.0 Å². The van der Waals surface area contributed by atoms with Crippen molar-refractivity contribution in [3.63, 3.8) is 0 Å². The molecule has 2 aromatic rings. The van der Waals surface area contributed by atoms with Crippen LogP contribution in [-0.2, 0) is 0 Å². The van der Waals surface area contributed by atoms with E-state index in [0.717, 1.165) is 35.2 Å². The van der Waals surface area contributed by atoms with Gasteiger partial charge in [-0.05, 0) is 32.4 Å². The third-order valence-corrected chi connectivity index (χ3v) is 4.41. The summed E-state index contributed by atoms with van der Waals surface area (Å²) < 4.78 is 1.08. The molecule has 3 nitrogen and oxygen atoms in total. The number of nitrogens with two attached hydrogens (primary N) is 1. The summed E-state index contributed by atoms with van der Waals surface area (Å²) in [6, 6.07) is 6.14. The zero-order valence-corrected chi connectivity index (χ0v) is 12.5. The van der Waals surface area contributed by atoms with Gasteiger partial charge in [0.1, 0.15) is 4.88 Å². The number of fused-ring (bicyclic) bond motifs is 1. The average Bonchev–Trinajstić information content (AvgIpc) is 2.72. The van der Waals surface area contributed by atoms with Crippen LogP contribution in [0.15, 0.2) is 18.2 Å². The lowest BCUT2D eigenvalue weighted by Crippen LogP contribution is -2.31. The molecular formula is C15H20N2OS. The number of hydrogen-bond donors (Lipinski definition) is 1. The Hall–Kier alpha value is -1.55.